The van der Waals surface area contributed by atoms with Crippen molar-refractivity contribution in [2.24, 2.45) is 0 Å². The SMILES string of the molecule is Nc1nc(-c2ccccc2)nc2c1ncn2[C@@H]1O[C@H](COP(=O)(O)OP(=O)(O)C(Br)(Br)P(=O)(O)O)[C@@H](O)[C@H]1O. The van der Waals surface area contributed by atoms with Gasteiger partial charge in [0, 0.05) is 5.56 Å². The first-order chi connectivity index (χ1) is 18.0. The molecule has 22 heteroatoms. The first-order valence-electron chi connectivity index (χ1n) is 10.5. The van der Waals surface area contributed by atoms with E-state index in [1.54, 1.807) is 30.3 Å². The summed E-state index contributed by atoms with van der Waals surface area (Å²) in [7, 11) is -16.5. The highest BCUT2D eigenvalue weighted by Crippen LogP contribution is 2.81. The van der Waals surface area contributed by atoms with E-state index in [0.717, 1.165) is 0 Å². The van der Waals surface area contributed by atoms with Crippen molar-refractivity contribution in [1.29, 1.82) is 0 Å². The molecule has 214 valence electrons. The first kappa shape index (κ1) is 30.8. The lowest BCUT2D eigenvalue weighted by Gasteiger charge is -2.27. The van der Waals surface area contributed by atoms with Crippen LogP contribution in [0.3, 0.4) is 0 Å². The molecule has 4 rings (SSSR count). The number of nitrogens with zero attached hydrogens (tertiary/aromatic N) is 4. The van der Waals surface area contributed by atoms with Gasteiger partial charge in [0.25, 0.3) is 2.72 Å². The molecule has 2 unspecified atom stereocenters. The van der Waals surface area contributed by atoms with E-state index in [1.165, 1.54) is 10.9 Å². The molecule has 8 N–H and O–H groups in total. The third kappa shape index (κ3) is 6.08. The standard InChI is InChI=1S/C17H20Br2N5O12P3/c18-17(19,37(27,28)29)38(30,31)36-39(32,33)34-6-9-11(25)12(26)16(35-9)24-7-21-10-13(20)22-14(23-15(10)24)8-4-2-1-3-5-8/h1-5,7,9,11-12,16,25-26H,6H2,(H,30,31)(H,32,33)(H2,20,22,23)(H2,27,28,29)/t9-,11-,12-,16-/m1/s1. The molecule has 0 radical (unpaired) electrons. The number of rotatable bonds is 9. The average molecular weight is 739 g/mol. The molecule has 0 bridgehead atoms. The van der Waals surface area contributed by atoms with Crippen LogP contribution in [0.15, 0.2) is 36.7 Å². The Labute approximate surface area is 235 Å². The molecule has 1 aromatic carbocycles. The summed E-state index contributed by atoms with van der Waals surface area (Å²) < 4.78 is 48.5. The van der Waals surface area contributed by atoms with Crippen molar-refractivity contribution < 1.29 is 57.1 Å². The first-order valence-corrected chi connectivity index (χ1v) is 16.7. The average Bonchev–Trinajstić information content (AvgIpc) is 3.38. The zero-order chi connectivity index (χ0) is 29.0. The summed E-state index contributed by atoms with van der Waals surface area (Å²) in [5.74, 6) is 0.273. The number of phosphoric ester groups is 1. The maximum absolute atomic E-state index is 12.3. The van der Waals surface area contributed by atoms with Gasteiger partial charge in [0.15, 0.2) is 23.5 Å². The van der Waals surface area contributed by atoms with Crippen LogP contribution in [0.4, 0.5) is 5.82 Å². The summed E-state index contributed by atoms with van der Waals surface area (Å²) in [6, 6.07) is 8.82. The van der Waals surface area contributed by atoms with E-state index in [2.05, 4.69) is 55.6 Å². The van der Waals surface area contributed by atoms with Crippen LogP contribution in [0.25, 0.3) is 22.6 Å². The number of aliphatic hydroxyl groups excluding tert-OH is 2. The number of imidazole rings is 1. The minimum absolute atomic E-state index is 0.0299. The normalized spacial score (nSPS) is 25.4. The fraction of sp³-hybridized carbons (Fsp3) is 0.353. The van der Waals surface area contributed by atoms with E-state index >= 15 is 0 Å². The van der Waals surface area contributed by atoms with Crippen LogP contribution < -0.4 is 5.73 Å². The number of halogens is 2. The lowest BCUT2D eigenvalue weighted by atomic mass is 10.1. The number of fused-ring (bicyclic) bond motifs is 1. The van der Waals surface area contributed by atoms with Gasteiger partial charge in [-0.25, -0.2) is 23.8 Å². The van der Waals surface area contributed by atoms with Crippen LogP contribution in [-0.4, -0.2) is 76.9 Å². The maximum atomic E-state index is 12.3. The lowest BCUT2D eigenvalue weighted by molar-refractivity contribution is -0.0501. The molecule has 2 aromatic heterocycles. The van der Waals surface area contributed by atoms with Crippen LogP contribution in [0.1, 0.15) is 6.23 Å². The van der Waals surface area contributed by atoms with Crippen LogP contribution in [-0.2, 0) is 27.3 Å². The Kier molecular flexibility index (Phi) is 8.63. The third-order valence-electron chi connectivity index (χ3n) is 5.40. The number of hydrogen-bond donors (Lipinski definition) is 7. The molecular formula is C17H20Br2N5O12P3. The van der Waals surface area contributed by atoms with Crippen molar-refractivity contribution in [1.82, 2.24) is 19.5 Å². The molecule has 1 aliphatic heterocycles. The van der Waals surface area contributed by atoms with Gasteiger partial charge in [0.05, 0.1) is 12.9 Å². The van der Waals surface area contributed by atoms with Gasteiger partial charge in [-0.1, -0.05) is 30.3 Å². The molecule has 1 fully saturated rings. The van der Waals surface area contributed by atoms with E-state index in [9.17, 15) is 43.5 Å². The summed E-state index contributed by atoms with van der Waals surface area (Å²) in [6.07, 6.45) is -4.95. The summed E-state index contributed by atoms with van der Waals surface area (Å²) in [4.78, 5) is 51.0. The number of aliphatic hydroxyl groups is 2. The highest BCUT2D eigenvalue weighted by atomic mass is 79.9. The summed E-state index contributed by atoms with van der Waals surface area (Å²) >= 11 is 4.58. The predicted octanol–water partition coefficient (Wildman–Crippen LogP) is 1.59. The van der Waals surface area contributed by atoms with Gasteiger partial charge in [0.2, 0.25) is 0 Å². The van der Waals surface area contributed by atoms with Gasteiger partial charge in [-0.2, -0.15) is 0 Å². The van der Waals surface area contributed by atoms with Gasteiger partial charge in [-0.05, 0) is 31.9 Å². The van der Waals surface area contributed by atoms with Gasteiger partial charge >= 0.3 is 23.0 Å². The molecule has 0 saturated carbocycles. The number of nitrogen functional groups attached to an aromatic ring is 1. The molecule has 6 atom stereocenters. The molecular weight excluding hydrogens is 719 g/mol. The molecule has 3 aromatic rings. The number of benzene rings is 1. The summed E-state index contributed by atoms with van der Waals surface area (Å²) in [5.41, 5.74) is 6.97. The number of hydrogen-bond acceptors (Lipinski definition) is 12. The Hall–Kier alpha value is -1.14. The monoisotopic (exact) mass is 737 g/mol. The Morgan fingerprint density at radius 2 is 1.69 bits per heavy atom. The number of aromatic nitrogens is 4. The minimum atomic E-state index is -5.60. The minimum Gasteiger partial charge on any atom is -0.387 e. The van der Waals surface area contributed by atoms with Crippen LogP contribution >= 0.6 is 54.9 Å². The summed E-state index contributed by atoms with van der Waals surface area (Å²) in [6.45, 7) is -0.963. The van der Waals surface area contributed by atoms with Crippen molar-refractivity contribution in [2.45, 2.75) is 27.3 Å². The molecule has 0 aliphatic carbocycles. The number of phosphoric acid groups is 1. The molecule has 3 heterocycles. The van der Waals surface area contributed by atoms with Gasteiger partial charge < -0.3 is 40.3 Å². The Bertz CT molecular complexity index is 1520. The fourth-order valence-electron chi connectivity index (χ4n) is 3.48. The van der Waals surface area contributed by atoms with E-state index in [-0.39, 0.29) is 22.8 Å². The molecule has 39 heavy (non-hydrogen) atoms. The smallest absolute Gasteiger partial charge is 0.387 e. The Morgan fingerprint density at radius 1 is 1.05 bits per heavy atom. The Morgan fingerprint density at radius 3 is 2.31 bits per heavy atom. The number of nitrogens with two attached hydrogens (primary N) is 1. The predicted molar refractivity (Wildman–Crippen MR) is 140 cm³/mol. The lowest BCUT2D eigenvalue weighted by Crippen LogP contribution is -2.33. The van der Waals surface area contributed by atoms with Gasteiger partial charge in [-0.3, -0.25) is 18.2 Å². The topological polar surface area (TPSA) is 270 Å². The zero-order valence-corrected chi connectivity index (χ0v) is 24.9. The van der Waals surface area contributed by atoms with Crippen molar-refractivity contribution in [3.8, 4) is 11.4 Å². The van der Waals surface area contributed by atoms with Crippen molar-refractivity contribution in [3.63, 3.8) is 0 Å². The third-order valence-corrected chi connectivity index (χ3v) is 16.0. The number of anilines is 1. The van der Waals surface area contributed by atoms with Crippen LogP contribution in [0.2, 0.25) is 0 Å². The Balaban J connectivity index is 1.53. The van der Waals surface area contributed by atoms with Crippen LogP contribution in [0, 0.1) is 0 Å². The molecule has 1 saturated heterocycles. The quantitative estimate of drug-likeness (QED) is 0.121. The summed E-state index contributed by atoms with van der Waals surface area (Å²) in [5, 5.41) is 21.1. The highest BCUT2D eigenvalue weighted by Gasteiger charge is 2.61. The molecule has 17 nitrogen and oxygen atoms in total. The van der Waals surface area contributed by atoms with E-state index in [0.29, 0.717) is 5.56 Å². The number of alkyl halides is 2. The fourth-order valence-corrected chi connectivity index (χ4v) is 8.33. The molecule has 1 aliphatic rings. The highest BCUT2D eigenvalue weighted by molar-refractivity contribution is 9.29. The maximum Gasteiger partial charge on any atom is 0.479 e. The number of ether oxygens (including phenoxy) is 1. The van der Waals surface area contributed by atoms with E-state index in [1.807, 2.05) is 0 Å². The van der Waals surface area contributed by atoms with Crippen molar-refractivity contribution in [2.75, 3.05) is 12.3 Å². The molecule has 0 amide bonds. The van der Waals surface area contributed by atoms with Crippen LogP contribution in [0.5, 0.6) is 0 Å². The largest absolute Gasteiger partial charge is 0.479 e. The van der Waals surface area contributed by atoms with Gasteiger partial charge in [-0.15, -0.1) is 0 Å². The van der Waals surface area contributed by atoms with E-state index < -0.39 is 56.9 Å². The van der Waals surface area contributed by atoms with Crippen molar-refractivity contribution >= 4 is 71.9 Å². The second kappa shape index (κ2) is 10.9. The second-order valence-electron chi connectivity index (χ2n) is 8.09. The van der Waals surface area contributed by atoms with E-state index in [4.69, 9.17) is 10.5 Å². The van der Waals surface area contributed by atoms with Crippen molar-refractivity contribution in [3.05, 3.63) is 36.7 Å². The second-order valence-corrected chi connectivity index (χ2v) is 19.7. The van der Waals surface area contributed by atoms with Gasteiger partial charge in [0.1, 0.15) is 23.8 Å². The zero-order valence-electron chi connectivity index (χ0n) is 19.1. The molecule has 0 spiro atoms.